The standard InChI is InChI=1S/C100H93NO2/c1-12-14-16-18-28-51-100(52-29-19-17-15-13-2)78-38-25-20-33-67(78)70-47-42-62(55-83(70)100)61-41-46-68-69-48-43-63(56-80(69)96(4,5)79(68)54-61)76-59-84-87(89-74-35-22-26-39-85(74)102-94(76)89)72-49-44-65(57-81(72)97(84,6)7)101(64-32-30-31-60(3)53-64)66-45-50-73-82(58-66)99(10,11)93-91(73)95-90(75-36-23-27-40-86(75)103-95)88-71-34-21-24-37-77(71)98(8,9)92(88)93/h20-27,30-50,53-59H,12-19,28-29,51-52H2,1-11H3. The number of para-hydroxylation sites is 2. The lowest BCUT2D eigenvalue weighted by Gasteiger charge is -2.33. The van der Waals surface area contributed by atoms with Crippen molar-refractivity contribution in [3.05, 3.63) is 280 Å². The molecule has 2 heterocycles. The third-order valence-electron chi connectivity index (χ3n) is 25.9. The molecule has 0 bridgehead atoms. The van der Waals surface area contributed by atoms with E-state index < -0.39 is 0 Å². The zero-order valence-corrected chi connectivity index (χ0v) is 62.0. The second kappa shape index (κ2) is 23.3. The summed E-state index contributed by atoms with van der Waals surface area (Å²) >= 11 is 0. The number of nitrogens with zero attached hydrogens (tertiary/aromatic N) is 1. The summed E-state index contributed by atoms with van der Waals surface area (Å²) in [5.41, 5.74) is 39.4. The molecule has 5 aliphatic carbocycles. The van der Waals surface area contributed by atoms with E-state index in [1.54, 1.807) is 11.1 Å². The van der Waals surface area contributed by atoms with E-state index in [9.17, 15) is 0 Å². The van der Waals surface area contributed by atoms with Gasteiger partial charge in [0.05, 0.1) is 0 Å². The maximum absolute atomic E-state index is 7.23. The van der Waals surface area contributed by atoms with E-state index in [2.05, 4.69) is 299 Å². The van der Waals surface area contributed by atoms with Gasteiger partial charge < -0.3 is 13.7 Å². The molecule has 5 aliphatic rings. The highest BCUT2D eigenvalue weighted by Gasteiger charge is 2.50. The van der Waals surface area contributed by atoms with Gasteiger partial charge in [-0.05, 0) is 221 Å². The van der Waals surface area contributed by atoms with Crippen LogP contribution in [0.5, 0.6) is 0 Å². The first-order valence-electron chi connectivity index (χ1n) is 38.8. The monoisotopic (exact) mass is 1340 g/mol. The van der Waals surface area contributed by atoms with Crippen molar-refractivity contribution in [3.63, 3.8) is 0 Å². The molecule has 0 N–H and O–H groups in total. The van der Waals surface area contributed by atoms with Crippen molar-refractivity contribution in [3.8, 4) is 77.9 Å². The minimum atomic E-state index is -0.379. The summed E-state index contributed by atoms with van der Waals surface area (Å²) in [6.07, 6.45) is 15.4. The number of benzene rings is 12. The summed E-state index contributed by atoms with van der Waals surface area (Å²) in [5.74, 6) is 0. The predicted molar refractivity (Wildman–Crippen MR) is 435 cm³/mol. The fourth-order valence-electron chi connectivity index (χ4n) is 20.8. The first-order valence-corrected chi connectivity index (χ1v) is 38.8. The number of fused-ring (bicyclic) bond motifs is 25. The number of unbranched alkanes of at least 4 members (excludes halogenated alkanes) is 8. The maximum Gasteiger partial charge on any atom is 0.144 e. The van der Waals surface area contributed by atoms with Crippen LogP contribution in [0.1, 0.15) is 207 Å². The van der Waals surface area contributed by atoms with E-state index in [1.165, 1.54) is 216 Å². The van der Waals surface area contributed by atoms with Gasteiger partial charge in [0.25, 0.3) is 0 Å². The highest BCUT2D eigenvalue weighted by atomic mass is 16.3. The second-order valence-electron chi connectivity index (χ2n) is 33.4. The highest BCUT2D eigenvalue weighted by Crippen LogP contribution is 2.65. The Morgan fingerprint density at radius 1 is 0.301 bits per heavy atom. The molecule has 3 heteroatoms. The summed E-state index contributed by atoms with van der Waals surface area (Å²) in [4.78, 5) is 2.51. The van der Waals surface area contributed by atoms with Crippen LogP contribution in [0.15, 0.2) is 227 Å². The van der Waals surface area contributed by atoms with Gasteiger partial charge in [0.2, 0.25) is 0 Å². The fraction of sp³-hybridized carbons (Fsp3) is 0.280. The van der Waals surface area contributed by atoms with Gasteiger partial charge in [0.15, 0.2) is 0 Å². The van der Waals surface area contributed by atoms with E-state index in [4.69, 9.17) is 8.83 Å². The summed E-state index contributed by atoms with van der Waals surface area (Å²) in [7, 11) is 0. The number of anilines is 3. The smallest absolute Gasteiger partial charge is 0.144 e. The van der Waals surface area contributed by atoms with Crippen molar-refractivity contribution in [2.45, 2.75) is 180 Å². The van der Waals surface area contributed by atoms with Gasteiger partial charge >= 0.3 is 0 Å². The Bertz CT molecular complexity index is 5870. The van der Waals surface area contributed by atoms with Crippen LogP contribution in [0.25, 0.3) is 122 Å². The molecular formula is C100H93NO2. The Morgan fingerprint density at radius 2 is 0.748 bits per heavy atom. The van der Waals surface area contributed by atoms with Gasteiger partial charge in [-0.2, -0.15) is 0 Å². The van der Waals surface area contributed by atoms with Crippen LogP contribution in [0.2, 0.25) is 0 Å². The number of hydrogen-bond donors (Lipinski definition) is 0. The Labute approximate surface area is 608 Å². The molecule has 14 aromatic rings. The van der Waals surface area contributed by atoms with Crippen LogP contribution in [-0.4, -0.2) is 0 Å². The van der Waals surface area contributed by atoms with Gasteiger partial charge in [-0.3, -0.25) is 0 Å². The zero-order valence-electron chi connectivity index (χ0n) is 62.0. The lowest BCUT2D eigenvalue weighted by Crippen LogP contribution is -2.25. The molecule has 0 spiro atoms. The lowest BCUT2D eigenvalue weighted by atomic mass is 9.70. The van der Waals surface area contributed by atoms with Gasteiger partial charge in [-0.25, -0.2) is 0 Å². The molecule has 2 aromatic heterocycles. The van der Waals surface area contributed by atoms with Crippen LogP contribution < -0.4 is 4.90 Å². The third-order valence-corrected chi connectivity index (χ3v) is 25.9. The number of aryl methyl sites for hydroxylation is 1. The molecule has 19 rings (SSSR count). The average molecular weight is 1340 g/mol. The SMILES string of the molecule is CCCCCCCC1(CCCCCCC)c2ccccc2-c2ccc(-c3ccc4c(c3)C(C)(C)c3cc(-c5cc6c(c7c5oc5ccccc57)-c5ccc(N(c7cccc(C)c7)c7ccc8c(c7)C(C)(C)c7c9c(c%10c(oc%11ccccc%11%10)c7-8)-c7ccccc7C9(C)C)cc5C6(C)C)ccc3-4)cc21. The number of hydrogen-bond acceptors (Lipinski definition) is 3. The predicted octanol–water partition coefficient (Wildman–Crippen LogP) is 28.8. The Hall–Kier alpha value is -9.96. The number of furan rings is 2. The van der Waals surface area contributed by atoms with E-state index in [0.717, 1.165) is 50.3 Å². The third kappa shape index (κ3) is 9.18. The largest absolute Gasteiger partial charge is 0.455 e. The Balaban J connectivity index is 0.699. The fourth-order valence-corrected chi connectivity index (χ4v) is 20.8. The second-order valence-corrected chi connectivity index (χ2v) is 33.4. The van der Waals surface area contributed by atoms with Gasteiger partial charge in [-0.1, -0.05) is 279 Å². The lowest BCUT2D eigenvalue weighted by molar-refractivity contribution is 0.399. The molecule has 0 saturated carbocycles. The minimum Gasteiger partial charge on any atom is -0.455 e. The summed E-state index contributed by atoms with van der Waals surface area (Å²) in [6, 6.07) is 84.3. The van der Waals surface area contributed by atoms with Crippen LogP contribution in [0.3, 0.4) is 0 Å². The average Bonchev–Trinajstić information content (AvgIpc) is 1.50. The van der Waals surface area contributed by atoms with Crippen molar-refractivity contribution >= 4 is 60.9 Å². The van der Waals surface area contributed by atoms with E-state index in [-0.39, 0.29) is 27.1 Å². The van der Waals surface area contributed by atoms with Crippen molar-refractivity contribution in [1.29, 1.82) is 0 Å². The maximum atomic E-state index is 7.23. The van der Waals surface area contributed by atoms with Crippen molar-refractivity contribution in [1.82, 2.24) is 0 Å². The summed E-state index contributed by atoms with van der Waals surface area (Å²) < 4.78 is 14.4. The summed E-state index contributed by atoms with van der Waals surface area (Å²) in [6.45, 7) is 26.5. The minimum absolute atomic E-state index is 0.0332. The van der Waals surface area contributed by atoms with Crippen LogP contribution in [0, 0.1) is 6.92 Å². The van der Waals surface area contributed by atoms with Crippen LogP contribution in [0.4, 0.5) is 17.1 Å². The summed E-state index contributed by atoms with van der Waals surface area (Å²) in [5, 5.41) is 4.75. The normalized spacial score (nSPS) is 15.8. The molecule has 0 amide bonds. The van der Waals surface area contributed by atoms with E-state index >= 15 is 0 Å². The zero-order chi connectivity index (χ0) is 70.2. The van der Waals surface area contributed by atoms with Crippen molar-refractivity contribution in [2.75, 3.05) is 4.90 Å². The van der Waals surface area contributed by atoms with Crippen LogP contribution >= 0.6 is 0 Å². The Kier molecular flexibility index (Phi) is 14.4. The molecule has 510 valence electrons. The molecule has 0 fully saturated rings. The molecule has 0 radical (unpaired) electrons. The molecule has 0 saturated heterocycles. The van der Waals surface area contributed by atoms with E-state index in [1.807, 2.05) is 0 Å². The molecular weight excluding hydrogens is 1250 g/mol. The van der Waals surface area contributed by atoms with Gasteiger partial charge in [0, 0.05) is 76.8 Å². The van der Waals surface area contributed by atoms with Crippen LogP contribution in [-0.2, 0) is 27.1 Å². The topological polar surface area (TPSA) is 29.5 Å². The quantitative estimate of drug-likeness (QED) is 0.0851. The molecule has 0 unspecified atom stereocenters. The molecule has 0 aliphatic heterocycles. The highest BCUT2D eigenvalue weighted by molar-refractivity contribution is 6.22. The molecule has 12 aromatic carbocycles. The van der Waals surface area contributed by atoms with Crippen molar-refractivity contribution < 1.29 is 8.83 Å². The van der Waals surface area contributed by atoms with Gasteiger partial charge in [0.1, 0.15) is 22.3 Å². The van der Waals surface area contributed by atoms with E-state index in [0.29, 0.717) is 0 Å². The first kappa shape index (κ1) is 63.9. The van der Waals surface area contributed by atoms with Crippen molar-refractivity contribution in [2.24, 2.45) is 0 Å². The number of rotatable bonds is 17. The molecule has 3 nitrogen and oxygen atoms in total. The van der Waals surface area contributed by atoms with Gasteiger partial charge in [-0.15, -0.1) is 0 Å². The first-order chi connectivity index (χ1) is 49.9. The molecule has 0 atom stereocenters. The Morgan fingerprint density at radius 3 is 1.39 bits per heavy atom. The molecule has 103 heavy (non-hydrogen) atoms.